The van der Waals surface area contributed by atoms with Crippen LogP contribution in [-0.2, 0) is 0 Å². The van der Waals surface area contributed by atoms with Crippen molar-refractivity contribution >= 4 is 29.3 Å². The fourth-order valence-corrected chi connectivity index (χ4v) is 2.93. The number of carbonyl (C=O) groups is 2. The molecule has 1 aromatic carbocycles. The van der Waals surface area contributed by atoms with Crippen LogP contribution in [0.3, 0.4) is 0 Å². The van der Waals surface area contributed by atoms with E-state index in [1.807, 2.05) is 13.8 Å². The number of rotatable bonds is 4. The normalized spacial score (nSPS) is 11.9. The van der Waals surface area contributed by atoms with Crippen molar-refractivity contribution in [3.05, 3.63) is 28.8 Å². The Balaban J connectivity index is 2.87. The standard InChI is InChI=1S/C16H23ClN2O3/c1-15(2,3)9-16(4,5)19-14(22)18-11-8-6-7-10(17)12(11)13(20)21/h6-8H,9H2,1-5H3,(H,20,21)(H2,18,19,22). The SMILES string of the molecule is CC(C)(C)CC(C)(C)NC(=O)Nc1cccc(Cl)c1C(=O)O. The zero-order chi connectivity index (χ0) is 17.1. The second-order valence-electron chi connectivity index (χ2n) is 7.17. The van der Waals surface area contributed by atoms with Gasteiger partial charge in [-0.05, 0) is 37.8 Å². The number of hydrogen-bond donors (Lipinski definition) is 3. The summed E-state index contributed by atoms with van der Waals surface area (Å²) in [6.07, 6.45) is 0.773. The van der Waals surface area contributed by atoms with Crippen LogP contribution in [0.4, 0.5) is 10.5 Å². The van der Waals surface area contributed by atoms with Crippen molar-refractivity contribution in [1.82, 2.24) is 5.32 Å². The molecular formula is C16H23ClN2O3. The number of amides is 2. The average Bonchev–Trinajstić information content (AvgIpc) is 2.23. The Labute approximate surface area is 136 Å². The lowest BCUT2D eigenvalue weighted by Crippen LogP contribution is -2.47. The van der Waals surface area contributed by atoms with Gasteiger partial charge in [0.1, 0.15) is 5.56 Å². The molecule has 0 spiro atoms. The van der Waals surface area contributed by atoms with Gasteiger partial charge in [-0.2, -0.15) is 0 Å². The van der Waals surface area contributed by atoms with E-state index >= 15 is 0 Å². The van der Waals surface area contributed by atoms with Crippen LogP contribution in [0.15, 0.2) is 18.2 Å². The Kier molecular flexibility index (Phi) is 5.46. The lowest BCUT2D eigenvalue weighted by Gasteiger charge is -2.33. The molecule has 0 atom stereocenters. The molecule has 5 nitrogen and oxygen atoms in total. The number of carbonyl (C=O) groups excluding carboxylic acids is 1. The summed E-state index contributed by atoms with van der Waals surface area (Å²) in [5.41, 5.74) is -0.319. The third-order valence-electron chi connectivity index (χ3n) is 2.90. The molecule has 0 saturated carbocycles. The molecule has 3 N–H and O–H groups in total. The topological polar surface area (TPSA) is 78.4 Å². The third-order valence-corrected chi connectivity index (χ3v) is 3.21. The molecule has 0 aliphatic carbocycles. The minimum Gasteiger partial charge on any atom is -0.478 e. The van der Waals surface area contributed by atoms with Crippen LogP contribution >= 0.6 is 11.6 Å². The molecule has 122 valence electrons. The fourth-order valence-electron chi connectivity index (χ4n) is 2.68. The summed E-state index contributed by atoms with van der Waals surface area (Å²) >= 11 is 5.88. The van der Waals surface area contributed by atoms with Gasteiger partial charge in [-0.25, -0.2) is 9.59 Å². The molecule has 0 aliphatic rings. The highest BCUT2D eigenvalue weighted by Gasteiger charge is 2.27. The summed E-state index contributed by atoms with van der Waals surface area (Å²) in [6.45, 7) is 10.1. The number of benzene rings is 1. The highest BCUT2D eigenvalue weighted by molar-refractivity contribution is 6.34. The maximum atomic E-state index is 12.1. The van der Waals surface area contributed by atoms with E-state index in [4.69, 9.17) is 11.6 Å². The van der Waals surface area contributed by atoms with Crippen LogP contribution in [0.1, 0.15) is 51.4 Å². The summed E-state index contributed by atoms with van der Waals surface area (Å²) in [5, 5.41) is 14.7. The summed E-state index contributed by atoms with van der Waals surface area (Å²) < 4.78 is 0. The summed E-state index contributed by atoms with van der Waals surface area (Å²) in [6, 6.07) is 4.10. The van der Waals surface area contributed by atoms with Crippen LogP contribution in [0.25, 0.3) is 0 Å². The Morgan fingerprint density at radius 3 is 2.27 bits per heavy atom. The largest absolute Gasteiger partial charge is 0.478 e. The van der Waals surface area contributed by atoms with Crippen LogP contribution in [0, 0.1) is 5.41 Å². The molecule has 0 fully saturated rings. The predicted octanol–water partition coefficient (Wildman–Crippen LogP) is 4.37. The van der Waals surface area contributed by atoms with Crippen molar-refractivity contribution in [1.29, 1.82) is 0 Å². The molecule has 0 unspecified atom stereocenters. The first-order valence-corrected chi connectivity index (χ1v) is 7.40. The number of carboxylic acids is 1. The second-order valence-corrected chi connectivity index (χ2v) is 7.58. The zero-order valence-corrected chi connectivity index (χ0v) is 14.3. The number of halogens is 1. The Morgan fingerprint density at radius 1 is 1.18 bits per heavy atom. The molecule has 0 bridgehead atoms. The average molecular weight is 327 g/mol. The maximum absolute atomic E-state index is 12.1. The van der Waals surface area contributed by atoms with Gasteiger partial charge in [-0.15, -0.1) is 0 Å². The zero-order valence-electron chi connectivity index (χ0n) is 13.6. The van der Waals surface area contributed by atoms with Crippen LogP contribution < -0.4 is 10.6 Å². The van der Waals surface area contributed by atoms with E-state index in [0.29, 0.717) is 0 Å². The van der Waals surface area contributed by atoms with E-state index < -0.39 is 17.5 Å². The van der Waals surface area contributed by atoms with Gasteiger partial charge in [-0.1, -0.05) is 38.4 Å². The van der Waals surface area contributed by atoms with E-state index in [9.17, 15) is 14.7 Å². The van der Waals surface area contributed by atoms with Gasteiger partial charge in [0, 0.05) is 5.54 Å². The van der Waals surface area contributed by atoms with Crippen molar-refractivity contribution in [2.24, 2.45) is 5.41 Å². The molecule has 6 heteroatoms. The Morgan fingerprint density at radius 2 is 1.77 bits per heavy atom. The van der Waals surface area contributed by atoms with Crippen molar-refractivity contribution in [2.45, 2.75) is 46.6 Å². The number of urea groups is 1. The van der Waals surface area contributed by atoms with Gasteiger partial charge >= 0.3 is 12.0 Å². The molecule has 0 aliphatic heterocycles. The quantitative estimate of drug-likeness (QED) is 0.768. The van der Waals surface area contributed by atoms with Crippen LogP contribution in [0.5, 0.6) is 0 Å². The molecular weight excluding hydrogens is 304 g/mol. The summed E-state index contributed by atoms with van der Waals surface area (Å²) in [4.78, 5) is 23.4. The summed E-state index contributed by atoms with van der Waals surface area (Å²) in [5.74, 6) is -1.19. The summed E-state index contributed by atoms with van der Waals surface area (Å²) in [7, 11) is 0. The molecule has 0 aromatic heterocycles. The number of carboxylic acid groups (broad SMARTS) is 1. The first-order valence-electron chi connectivity index (χ1n) is 7.02. The Hall–Kier alpha value is -1.75. The van der Waals surface area contributed by atoms with E-state index in [-0.39, 0.29) is 21.7 Å². The minimum absolute atomic E-state index is 0.0546. The molecule has 0 heterocycles. The fraction of sp³-hybridized carbons (Fsp3) is 0.500. The molecule has 22 heavy (non-hydrogen) atoms. The monoisotopic (exact) mass is 326 g/mol. The first kappa shape index (κ1) is 18.3. The van der Waals surface area contributed by atoms with Crippen molar-refractivity contribution in [3.63, 3.8) is 0 Å². The van der Waals surface area contributed by atoms with Gasteiger partial charge in [0.25, 0.3) is 0 Å². The second kappa shape index (κ2) is 6.57. The van der Waals surface area contributed by atoms with Gasteiger partial charge in [0.05, 0.1) is 10.7 Å². The van der Waals surface area contributed by atoms with E-state index in [0.717, 1.165) is 6.42 Å². The van der Waals surface area contributed by atoms with Crippen LogP contribution in [0.2, 0.25) is 5.02 Å². The lowest BCUT2D eigenvalue weighted by atomic mass is 9.82. The number of anilines is 1. The van der Waals surface area contributed by atoms with Gasteiger partial charge in [-0.3, -0.25) is 0 Å². The van der Waals surface area contributed by atoms with Gasteiger partial charge in [0.15, 0.2) is 0 Å². The highest BCUT2D eigenvalue weighted by atomic mass is 35.5. The molecule has 1 aromatic rings. The number of nitrogens with one attached hydrogen (secondary N) is 2. The molecule has 1 rings (SSSR count). The highest BCUT2D eigenvalue weighted by Crippen LogP contribution is 2.27. The third kappa shape index (κ3) is 5.56. The molecule has 0 saturated heterocycles. The first-order chi connectivity index (χ1) is 9.91. The maximum Gasteiger partial charge on any atom is 0.339 e. The van der Waals surface area contributed by atoms with E-state index in [1.165, 1.54) is 12.1 Å². The molecule has 2 amide bonds. The number of aromatic carboxylic acids is 1. The molecule has 0 radical (unpaired) electrons. The van der Waals surface area contributed by atoms with Gasteiger partial charge < -0.3 is 15.7 Å². The Bertz CT molecular complexity index is 577. The van der Waals surface area contributed by atoms with Gasteiger partial charge in [0.2, 0.25) is 0 Å². The predicted molar refractivity (Wildman–Crippen MR) is 88.7 cm³/mol. The van der Waals surface area contributed by atoms with Crippen molar-refractivity contribution in [3.8, 4) is 0 Å². The van der Waals surface area contributed by atoms with Crippen molar-refractivity contribution in [2.75, 3.05) is 5.32 Å². The smallest absolute Gasteiger partial charge is 0.339 e. The van der Waals surface area contributed by atoms with Crippen LogP contribution in [-0.4, -0.2) is 22.6 Å². The van der Waals surface area contributed by atoms with Crippen molar-refractivity contribution < 1.29 is 14.7 Å². The lowest BCUT2D eigenvalue weighted by molar-refractivity contribution is 0.0698. The minimum atomic E-state index is -1.19. The van der Waals surface area contributed by atoms with E-state index in [1.54, 1.807) is 6.07 Å². The number of hydrogen-bond acceptors (Lipinski definition) is 2. The van der Waals surface area contributed by atoms with E-state index in [2.05, 4.69) is 31.4 Å².